The number of nitrogens with two attached hydrogens (primary N) is 1. The first-order valence-electron chi connectivity index (χ1n) is 5.30. The van der Waals surface area contributed by atoms with Crippen molar-refractivity contribution in [3.8, 4) is 0 Å². The number of piperazine rings is 1. The van der Waals surface area contributed by atoms with Crippen molar-refractivity contribution >= 4 is 5.91 Å². The van der Waals surface area contributed by atoms with Crippen molar-refractivity contribution in [2.45, 2.75) is 32.4 Å². The Balaban J connectivity index is 2.55. The van der Waals surface area contributed by atoms with E-state index in [4.69, 9.17) is 5.73 Å². The third-order valence-corrected chi connectivity index (χ3v) is 2.87. The highest BCUT2D eigenvalue weighted by Crippen LogP contribution is 2.09. The van der Waals surface area contributed by atoms with Gasteiger partial charge >= 0.3 is 0 Å². The predicted molar refractivity (Wildman–Crippen MR) is 56.9 cm³/mol. The SMILES string of the molecule is CC[C@H](N)C(=O)N1CCN(C)CC1C. The second-order valence-corrected chi connectivity index (χ2v) is 4.16. The lowest BCUT2D eigenvalue weighted by Gasteiger charge is -2.39. The topological polar surface area (TPSA) is 49.6 Å². The van der Waals surface area contributed by atoms with Crippen LogP contribution in [0.3, 0.4) is 0 Å². The first-order valence-corrected chi connectivity index (χ1v) is 5.30. The van der Waals surface area contributed by atoms with E-state index in [1.54, 1.807) is 0 Å². The van der Waals surface area contributed by atoms with Crippen LogP contribution in [0.1, 0.15) is 20.3 Å². The van der Waals surface area contributed by atoms with Crippen LogP contribution in [0.5, 0.6) is 0 Å². The molecule has 4 nitrogen and oxygen atoms in total. The number of likely N-dealkylation sites (N-methyl/N-ethyl adjacent to an activating group) is 1. The molecule has 2 atom stereocenters. The third-order valence-electron chi connectivity index (χ3n) is 2.87. The number of hydrogen-bond acceptors (Lipinski definition) is 3. The minimum absolute atomic E-state index is 0.105. The molecule has 0 radical (unpaired) electrons. The minimum atomic E-state index is -0.319. The van der Waals surface area contributed by atoms with Crippen molar-refractivity contribution < 1.29 is 4.79 Å². The zero-order chi connectivity index (χ0) is 10.7. The molecule has 0 aromatic carbocycles. The zero-order valence-corrected chi connectivity index (χ0v) is 9.36. The van der Waals surface area contributed by atoms with Gasteiger partial charge in [-0.25, -0.2) is 0 Å². The summed E-state index contributed by atoms with van der Waals surface area (Å²) in [5, 5.41) is 0. The zero-order valence-electron chi connectivity index (χ0n) is 9.36. The molecule has 0 spiro atoms. The van der Waals surface area contributed by atoms with Crippen LogP contribution in [0.15, 0.2) is 0 Å². The van der Waals surface area contributed by atoms with Crippen LogP contribution in [-0.4, -0.2) is 54.5 Å². The highest BCUT2D eigenvalue weighted by atomic mass is 16.2. The van der Waals surface area contributed by atoms with Gasteiger partial charge in [-0.05, 0) is 20.4 Å². The van der Waals surface area contributed by atoms with E-state index < -0.39 is 0 Å². The van der Waals surface area contributed by atoms with Crippen molar-refractivity contribution in [1.29, 1.82) is 0 Å². The molecule has 1 aliphatic rings. The summed E-state index contributed by atoms with van der Waals surface area (Å²) in [6, 6.07) is -0.0280. The molecule has 14 heavy (non-hydrogen) atoms. The van der Waals surface area contributed by atoms with E-state index in [2.05, 4.69) is 18.9 Å². The van der Waals surface area contributed by atoms with Gasteiger partial charge < -0.3 is 15.5 Å². The first-order chi connectivity index (χ1) is 6.56. The Morgan fingerprint density at radius 3 is 2.71 bits per heavy atom. The largest absolute Gasteiger partial charge is 0.336 e. The fourth-order valence-electron chi connectivity index (χ4n) is 1.85. The molecule has 1 unspecified atom stereocenters. The van der Waals surface area contributed by atoms with Gasteiger partial charge in [-0.2, -0.15) is 0 Å². The monoisotopic (exact) mass is 199 g/mol. The summed E-state index contributed by atoms with van der Waals surface area (Å²) in [5.74, 6) is 0.105. The van der Waals surface area contributed by atoms with E-state index in [1.165, 1.54) is 0 Å². The molecule has 82 valence electrons. The van der Waals surface area contributed by atoms with Gasteiger partial charge in [0.15, 0.2) is 0 Å². The lowest BCUT2D eigenvalue weighted by Crippen LogP contribution is -2.56. The van der Waals surface area contributed by atoms with Crippen molar-refractivity contribution in [2.75, 3.05) is 26.7 Å². The second-order valence-electron chi connectivity index (χ2n) is 4.16. The molecule has 1 saturated heterocycles. The molecule has 1 rings (SSSR count). The highest BCUT2D eigenvalue weighted by molar-refractivity contribution is 5.82. The summed E-state index contributed by atoms with van der Waals surface area (Å²) in [6.07, 6.45) is 0.720. The minimum Gasteiger partial charge on any atom is -0.336 e. The van der Waals surface area contributed by atoms with Gasteiger partial charge in [0.05, 0.1) is 6.04 Å². The third kappa shape index (κ3) is 2.45. The fraction of sp³-hybridized carbons (Fsp3) is 0.900. The van der Waals surface area contributed by atoms with Crippen molar-refractivity contribution in [3.05, 3.63) is 0 Å². The van der Waals surface area contributed by atoms with Crippen molar-refractivity contribution in [2.24, 2.45) is 5.73 Å². The molecular weight excluding hydrogens is 178 g/mol. The normalized spacial score (nSPS) is 26.3. The molecule has 4 heteroatoms. The Bertz CT molecular complexity index is 208. The van der Waals surface area contributed by atoms with Crippen LogP contribution in [-0.2, 0) is 4.79 Å². The number of nitrogens with zero attached hydrogens (tertiary/aromatic N) is 2. The summed E-state index contributed by atoms with van der Waals surface area (Å²) in [6.45, 7) is 6.73. The van der Waals surface area contributed by atoms with Gasteiger partial charge in [0.1, 0.15) is 0 Å². The van der Waals surface area contributed by atoms with Crippen LogP contribution in [0, 0.1) is 0 Å². The van der Waals surface area contributed by atoms with Crippen LogP contribution in [0.2, 0.25) is 0 Å². The summed E-state index contributed by atoms with van der Waals surface area (Å²) >= 11 is 0. The van der Waals surface area contributed by atoms with Crippen LogP contribution < -0.4 is 5.73 Å². The molecule has 1 heterocycles. The summed E-state index contributed by atoms with van der Waals surface area (Å²) in [5.41, 5.74) is 5.74. The maximum Gasteiger partial charge on any atom is 0.239 e. The lowest BCUT2D eigenvalue weighted by molar-refractivity contribution is -0.136. The maximum absolute atomic E-state index is 11.8. The number of carbonyl (C=O) groups excluding carboxylic acids is 1. The van der Waals surface area contributed by atoms with Gasteiger partial charge in [0, 0.05) is 25.7 Å². The summed E-state index contributed by atoms with van der Waals surface area (Å²) in [4.78, 5) is 16.0. The molecule has 1 fully saturated rings. The van der Waals surface area contributed by atoms with E-state index >= 15 is 0 Å². The molecule has 0 aromatic rings. The fourth-order valence-corrected chi connectivity index (χ4v) is 1.85. The lowest BCUT2D eigenvalue weighted by atomic mass is 10.1. The van der Waals surface area contributed by atoms with Gasteiger partial charge in [-0.3, -0.25) is 4.79 Å². The van der Waals surface area contributed by atoms with Gasteiger partial charge in [-0.15, -0.1) is 0 Å². The molecule has 1 amide bonds. The van der Waals surface area contributed by atoms with Crippen LogP contribution in [0.4, 0.5) is 0 Å². The number of carbonyl (C=O) groups is 1. The van der Waals surface area contributed by atoms with Crippen molar-refractivity contribution in [1.82, 2.24) is 9.80 Å². The molecular formula is C10H21N3O. The quantitative estimate of drug-likeness (QED) is 0.675. The Morgan fingerprint density at radius 2 is 2.21 bits per heavy atom. The summed E-state index contributed by atoms with van der Waals surface area (Å²) < 4.78 is 0. The standard InChI is InChI=1S/C10H21N3O/c1-4-9(11)10(14)13-6-5-12(3)7-8(13)2/h8-9H,4-7,11H2,1-3H3/t8?,9-/m0/s1. The molecule has 2 N–H and O–H groups in total. The van der Waals surface area contributed by atoms with E-state index in [1.807, 2.05) is 11.8 Å². The van der Waals surface area contributed by atoms with Gasteiger partial charge in [0.25, 0.3) is 0 Å². The van der Waals surface area contributed by atoms with E-state index in [0.29, 0.717) is 6.04 Å². The predicted octanol–water partition coefficient (Wildman–Crippen LogP) is -0.114. The first kappa shape index (κ1) is 11.5. The smallest absolute Gasteiger partial charge is 0.239 e. The highest BCUT2D eigenvalue weighted by Gasteiger charge is 2.28. The molecule has 0 aromatic heterocycles. The van der Waals surface area contributed by atoms with Gasteiger partial charge in [0.2, 0.25) is 5.91 Å². The maximum atomic E-state index is 11.8. The Labute approximate surface area is 86.0 Å². The number of hydrogen-bond donors (Lipinski definition) is 1. The molecule has 0 saturated carbocycles. The molecule has 0 aliphatic carbocycles. The van der Waals surface area contributed by atoms with Crippen LogP contribution in [0.25, 0.3) is 0 Å². The average molecular weight is 199 g/mol. The Morgan fingerprint density at radius 1 is 1.57 bits per heavy atom. The molecule has 0 bridgehead atoms. The Hall–Kier alpha value is -0.610. The molecule has 1 aliphatic heterocycles. The van der Waals surface area contributed by atoms with Gasteiger partial charge in [-0.1, -0.05) is 6.92 Å². The second kappa shape index (κ2) is 4.75. The Kier molecular flexibility index (Phi) is 3.89. The van der Waals surface area contributed by atoms with Crippen LogP contribution >= 0.6 is 0 Å². The van der Waals surface area contributed by atoms with Crippen molar-refractivity contribution in [3.63, 3.8) is 0 Å². The van der Waals surface area contributed by atoms with E-state index in [9.17, 15) is 4.79 Å². The number of rotatable bonds is 2. The average Bonchev–Trinajstić information content (AvgIpc) is 2.15. The van der Waals surface area contributed by atoms with E-state index in [-0.39, 0.29) is 11.9 Å². The number of amides is 1. The summed E-state index contributed by atoms with van der Waals surface area (Å²) in [7, 11) is 2.08. The van der Waals surface area contributed by atoms with E-state index in [0.717, 1.165) is 26.1 Å².